The minimum atomic E-state index is -0.312. The smallest absolute Gasteiger partial charge is 0.119 e. The van der Waals surface area contributed by atoms with E-state index in [4.69, 9.17) is 0 Å². The summed E-state index contributed by atoms with van der Waals surface area (Å²) in [6.07, 6.45) is 7.60. The van der Waals surface area contributed by atoms with Gasteiger partial charge in [0.1, 0.15) is 5.75 Å². The number of benzene rings is 2. The van der Waals surface area contributed by atoms with Gasteiger partial charge in [-0.25, -0.2) is 0 Å². The van der Waals surface area contributed by atoms with Gasteiger partial charge in [0.05, 0.1) is 9.52 Å². The van der Waals surface area contributed by atoms with Crippen LogP contribution in [-0.4, -0.2) is 20.0 Å². The molecule has 28 heavy (non-hydrogen) atoms. The normalized spacial score (nSPS) is 12.2. The first-order chi connectivity index (χ1) is 13.4. The number of rotatable bonds is 10. The van der Waals surface area contributed by atoms with Crippen molar-refractivity contribution in [1.29, 1.82) is 0 Å². The Morgan fingerprint density at radius 2 is 1.68 bits per heavy atom. The number of hydrogen-bond acceptors (Lipinski definition) is 2. The molecule has 1 nitrogen and oxygen atoms in total. The Morgan fingerprint density at radius 3 is 2.36 bits per heavy atom. The lowest BCUT2D eigenvalue weighted by Gasteiger charge is -2.21. The molecule has 0 heterocycles. The van der Waals surface area contributed by atoms with Crippen molar-refractivity contribution in [2.75, 3.05) is 5.38 Å². The van der Waals surface area contributed by atoms with Crippen molar-refractivity contribution >= 4 is 26.5 Å². The van der Waals surface area contributed by atoms with E-state index in [2.05, 4.69) is 65.0 Å². The molecule has 0 spiro atoms. The van der Waals surface area contributed by atoms with Crippen LogP contribution in [0.3, 0.4) is 0 Å². The van der Waals surface area contributed by atoms with Crippen LogP contribution in [0.25, 0.3) is 0 Å². The number of aromatic hydroxyl groups is 1. The molecule has 0 atom stereocenters. The van der Waals surface area contributed by atoms with Gasteiger partial charge in [-0.15, -0.1) is 11.8 Å². The van der Waals surface area contributed by atoms with Crippen molar-refractivity contribution in [1.82, 2.24) is 0 Å². The Balaban J connectivity index is 2.10. The second kappa shape index (κ2) is 11.1. The number of aryl methyl sites for hydroxylation is 1. The lowest BCUT2D eigenvalue weighted by Crippen LogP contribution is -2.23. The quantitative estimate of drug-likeness (QED) is 0.385. The monoisotopic (exact) mass is 414 g/mol. The maximum Gasteiger partial charge on any atom is 0.119 e. The maximum atomic E-state index is 10.2. The van der Waals surface area contributed by atoms with Crippen LogP contribution in [0.2, 0.25) is 0 Å². The molecule has 0 aliphatic heterocycles. The predicted octanol–water partition coefficient (Wildman–Crippen LogP) is 5.92. The summed E-state index contributed by atoms with van der Waals surface area (Å²) in [7, 11) is -0.312. The molecule has 0 bridgehead atoms. The van der Waals surface area contributed by atoms with Gasteiger partial charge in [-0.1, -0.05) is 70.8 Å². The Morgan fingerprint density at radius 1 is 0.964 bits per heavy atom. The van der Waals surface area contributed by atoms with Crippen LogP contribution in [-0.2, 0) is 18.3 Å². The fraction of sp³-hybridized carbons (Fsp3) is 0.520. The van der Waals surface area contributed by atoms with Crippen molar-refractivity contribution < 1.29 is 5.11 Å². The first-order valence-electron chi connectivity index (χ1n) is 10.9. The van der Waals surface area contributed by atoms with Gasteiger partial charge in [0.15, 0.2) is 0 Å². The summed E-state index contributed by atoms with van der Waals surface area (Å²) in [4.78, 5) is 1.28. The topological polar surface area (TPSA) is 20.2 Å². The highest BCUT2D eigenvalue weighted by molar-refractivity contribution is 8.00. The van der Waals surface area contributed by atoms with Gasteiger partial charge in [0.2, 0.25) is 0 Å². The number of phenols is 1. The molecule has 2 aromatic rings. The highest BCUT2D eigenvalue weighted by atomic mass is 32.2. The van der Waals surface area contributed by atoms with E-state index < -0.39 is 0 Å². The fourth-order valence-electron chi connectivity index (χ4n) is 3.68. The van der Waals surface area contributed by atoms with Crippen molar-refractivity contribution in [2.45, 2.75) is 83.5 Å². The molecule has 3 heteroatoms. The molecule has 0 unspecified atom stereocenters. The second-order valence-electron chi connectivity index (χ2n) is 8.79. The van der Waals surface area contributed by atoms with E-state index in [0.717, 1.165) is 5.56 Å². The van der Waals surface area contributed by atoms with Crippen LogP contribution in [0.15, 0.2) is 41.3 Å². The van der Waals surface area contributed by atoms with Crippen molar-refractivity contribution in [3.63, 3.8) is 0 Å². The van der Waals surface area contributed by atoms with Crippen LogP contribution in [0.5, 0.6) is 5.75 Å². The van der Waals surface area contributed by atoms with Gasteiger partial charge in [-0.3, -0.25) is 0 Å². The zero-order valence-electron chi connectivity index (χ0n) is 18.5. The Kier molecular flexibility index (Phi) is 9.16. The highest BCUT2D eigenvalue weighted by Gasteiger charge is 2.18. The van der Waals surface area contributed by atoms with Crippen LogP contribution in [0, 0.1) is 0 Å². The predicted molar refractivity (Wildman–Crippen MR) is 129 cm³/mol. The first-order valence-corrected chi connectivity index (χ1v) is 13.6. The minimum Gasteiger partial charge on any atom is -0.508 e. The molecule has 1 N–H and O–H groups in total. The zero-order valence-corrected chi connectivity index (χ0v) is 20.7. The molecular formula is C25H38OSSi. The zero-order chi connectivity index (χ0) is 20.6. The average molecular weight is 415 g/mol. The Bertz CT molecular complexity index is 749. The number of phenolic OH excluding ortho intramolecular Hbond substituents is 1. The second-order valence-corrected chi connectivity index (χ2v) is 12.4. The van der Waals surface area contributed by atoms with Gasteiger partial charge in [0.25, 0.3) is 0 Å². The number of unbranched alkanes of at least 4 members (excludes halogenated alkanes) is 2. The first kappa shape index (κ1) is 23.1. The van der Waals surface area contributed by atoms with E-state index in [0.29, 0.717) is 5.75 Å². The lowest BCUT2D eigenvalue weighted by atomic mass is 9.86. The van der Waals surface area contributed by atoms with E-state index in [9.17, 15) is 5.11 Å². The summed E-state index contributed by atoms with van der Waals surface area (Å²) in [5.74, 6) is 0.416. The summed E-state index contributed by atoms with van der Waals surface area (Å²) < 4.78 is 0. The van der Waals surface area contributed by atoms with Gasteiger partial charge < -0.3 is 5.11 Å². The molecule has 0 aromatic heterocycles. The molecular weight excluding hydrogens is 376 g/mol. The summed E-state index contributed by atoms with van der Waals surface area (Å²) in [6, 6.07) is 13.2. The SMILES string of the molecule is CCCCc1cccc([SiH2]CSc2ccc(O)c(C(C)(C)C)c2)c1CCCC. The molecule has 0 aliphatic carbocycles. The highest BCUT2D eigenvalue weighted by Crippen LogP contribution is 2.33. The lowest BCUT2D eigenvalue weighted by molar-refractivity contribution is 0.446. The standard InChI is InChI=1S/C25H38OSSi/c1-6-8-11-19-12-10-14-24(21(19)13-9-7-2)28-18-27-20-15-16-23(26)22(17-20)25(3,4)5/h10,12,14-17,26H,6-9,11,13,18,28H2,1-5H3. The maximum absolute atomic E-state index is 10.2. The van der Waals surface area contributed by atoms with Gasteiger partial charge in [-0.2, -0.15) is 0 Å². The van der Waals surface area contributed by atoms with Crippen LogP contribution in [0.1, 0.15) is 77.0 Å². The van der Waals surface area contributed by atoms with Crippen LogP contribution >= 0.6 is 11.8 Å². The molecule has 0 fully saturated rings. The average Bonchev–Trinajstić information content (AvgIpc) is 2.65. The Labute approximate surface area is 179 Å². The van der Waals surface area contributed by atoms with Crippen molar-refractivity contribution in [3.05, 3.63) is 53.1 Å². The molecule has 154 valence electrons. The molecule has 2 aromatic carbocycles. The molecule has 2 rings (SSSR count). The number of hydrogen-bond donors (Lipinski definition) is 1. The minimum absolute atomic E-state index is 0.0288. The van der Waals surface area contributed by atoms with Gasteiger partial charge in [0, 0.05) is 10.5 Å². The van der Waals surface area contributed by atoms with E-state index in [1.54, 1.807) is 16.3 Å². The van der Waals surface area contributed by atoms with E-state index >= 15 is 0 Å². The summed E-state index contributed by atoms with van der Waals surface area (Å²) in [5.41, 5.74) is 4.29. The van der Waals surface area contributed by atoms with Crippen LogP contribution in [0.4, 0.5) is 0 Å². The largest absolute Gasteiger partial charge is 0.508 e. The van der Waals surface area contributed by atoms with E-state index in [-0.39, 0.29) is 14.9 Å². The van der Waals surface area contributed by atoms with Crippen LogP contribution < -0.4 is 5.19 Å². The molecule has 0 saturated carbocycles. The number of thioether (sulfide) groups is 1. The van der Waals surface area contributed by atoms with E-state index in [1.165, 1.54) is 48.8 Å². The van der Waals surface area contributed by atoms with E-state index in [1.807, 2.05) is 17.8 Å². The van der Waals surface area contributed by atoms with Crippen molar-refractivity contribution in [3.8, 4) is 5.75 Å². The molecule has 0 saturated heterocycles. The third-order valence-electron chi connectivity index (χ3n) is 5.37. The third-order valence-corrected chi connectivity index (χ3v) is 8.79. The Hall–Kier alpha value is -1.19. The third kappa shape index (κ3) is 6.70. The molecule has 0 radical (unpaired) electrons. The van der Waals surface area contributed by atoms with Gasteiger partial charge in [-0.05, 0) is 65.8 Å². The van der Waals surface area contributed by atoms with Crippen molar-refractivity contribution in [2.24, 2.45) is 0 Å². The van der Waals surface area contributed by atoms with Gasteiger partial charge >= 0.3 is 0 Å². The molecule has 0 aliphatic rings. The summed E-state index contributed by atoms with van der Waals surface area (Å²) in [5, 5.41) is 13.1. The fourth-order valence-corrected chi connectivity index (χ4v) is 7.29. The summed E-state index contributed by atoms with van der Waals surface area (Å²) in [6.45, 7) is 11.1. The summed E-state index contributed by atoms with van der Waals surface area (Å²) >= 11 is 1.96. The molecule has 0 amide bonds.